The Labute approximate surface area is 69.9 Å². The summed E-state index contributed by atoms with van der Waals surface area (Å²) in [6, 6.07) is 10.2. The maximum absolute atomic E-state index is 3.76. The third-order valence-corrected chi connectivity index (χ3v) is 1.13. The molecule has 1 aromatic carbocycles. The predicted octanol–water partition coefficient (Wildman–Crippen LogP) is 2.06. The molecule has 0 aromatic heterocycles. The van der Waals surface area contributed by atoms with Crippen molar-refractivity contribution >= 4 is 0 Å². The smallest absolute Gasteiger partial charge is 0 e. The van der Waals surface area contributed by atoms with Crippen LogP contribution in [0.4, 0.5) is 0 Å². The molecule has 0 atom stereocenters. The second-order valence-corrected chi connectivity index (χ2v) is 1.74. The summed E-state index contributed by atoms with van der Waals surface area (Å²) in [7, 11) is 0. The van der Waals surface area contributed by atoms with E-state index in [1.165, 1.54) is 5.56 Å². The second kappa shape index (κ2) is 4.73. The summed E-state index contributed by atoms with van der Waals surface area (Å²) in [6.45, 7) is 3.76. The van der Waals surface area contributed by atoms with Crippen molar-refractivity contribution in [1.82, 2.24) is 0 Å². The largest absolute Gasteiger partial charge is 0.339 e. The Balaban J connectivity index is 0.000000640. The molecule has 0 saturated carbocycles. The van der Waals surface area contributed by atoms with Crippen LogP contribution in [0.1, 0.15) is 5.56 Å². The van der Waals surface area contributed by atoms with E-state index in [1.54, 1.807) is 0 Å². The molecule has 0 nitrogen and oxygen atoms in total. The summed E-state index contributed by atoms with van der Waals surface area (Å²) < 4.78 is 0. The first-order valence-corrected chi connectivity index (χ1v) is 2.76. The zero-order valence-electron chi connectivity index (χ0n) is 5.12. The Morgan fingerprint density at radius 3 is 2.00 bits per heavy atom. The van der Waals surface area contributed by atoms with Gasteiger partial charge in [0.25, 0.3) is 0 Å². The topological polar surface area (TPSA) is 0 Å². The molecule has 0 spiro atoms. The minimum atomic E-state index is 0. The average Bonchev–Trinajstić information content (AvgIpc) is 1.90. The van der Waals surface area contributed by atoms with Crippen molar-refractivity contribution in [3.05, 3.63) is 42.8 Å². The van der Waals surface area contributed by atoms with Gasteiger partial charge in [-0.2, -0.15) is 6.42 Å². The van der Waals surface area contributed by atoms with Crippen LogP contribution in [0.5, 0.6) is 0 Å². The maximum atomic E-state index is 3.76. The summed E-state index contributed by atoms with van der Waals surface area (Å²) in [6.07, 6.45) is 0.890. The van der Waals surface area contributed by atoms with E-state index in [-0.39, 0.29) is 20.4 Å². The summed E-state index contributed by atoms with van der Waals surface area (Å²) in [4.78, 5) is 0. The Hall–Kier alpha value is -0.118. The van der Waals surface area contributed by atoms with Crippen LogP contribution in [0, 0.1) is 6.92 Å². The first-order valence-electron chi connectivity index (χ1n) is 2.76. The van der Waals surface area contributed by atoms with Crippen molar-refractivity contribution in [2.45, 2.75) is 6.42 Å². The number of benzene rings is 1. The molecule has 52 valence electrons. The molecule has 0 aliphatic heterocycles. The number of hydrogen-bond acceptors (Lipinski definition) is 0. The van der Waals surface area contributed by atoms with Gasteiger partial charge in [-0.05, 0) is 0 Å². The standard InChI is InChI=1S/C8H9.Pd/c1-2-8-6-4-3-5-7-8;/h3-7H,1-2H2;/q-1;. The Kier molecular flexibility index (Phi) is 4.67. The van der Waals surface area contributed by atoms with Gasteiger partial charge in [-0.1, -0.05) is 35.9 Å². The van der Waals surface area contributed by atoms with Gasteiger partial charge < -0.3 is 6.92 Å². The van der Waals surface area contributed by atoms with Crippen molar-refractivity contribution in [3.63, 3.8) is 0 Å². The summed E-state index contributed by atoms with van der Waals surface area (Å²) in [5.41, 5.74) is 1.30. The minimum Gasteiger partial charge on any atom is -0.339 e. The van der Waals surface area contributed by atoms with Crippen LogP contribution in [0.2, 0.25) is 0 Å². The van der Waals surface area contributed by atoms with E-state index in [2.05, 4.69) is 19.1 Å². The molecule has 0 N–H and O–H groups in total. The number of rotatable bonds is 1. The van der Waals surface area contributed by atoms with E-state index in [0.29, 0.717) is 0 Å². The van der Waals surface area contributed by atoms with E-state index >= 15 is 0 Å². The van der Waals surface area contributed by atoms with Crippen LogP contribution in [0.3, 0.4) is 0 Å². The molecule has 0 radical (unpaired) electrons. The third kappa shape index (κ3) is 2.79. The first-order chi connectivity index (χ1) is 3.93. The average molecular weight is 212 g/mol. The van der Waals surface area contributed by atoms with Gasteiger partial charge in [0.15, 0.2) is 0 Å². The third-order valence-electron chi connectivity index (χ3n) is 1.13. The molecule has 0 bridgehead atoms. The summed E-state index contributed by atoms with van der Waals surface area (Å²) >= 11 is 0. The molecule has 0 fully saturated rings. The fourth-order valence-corrected chi connectivity index (χ4v) is 0.645. The molecule has 9 heavy (non-hydrogen) atoms. The summed E-state index contributed by atoms with van der Waals surface area (Å²) in [5, 5.41) is 0. The molecule has 0 unspecified atom stereocenters. The molecule has 1 aromatic rings. The van der Waals surface area contributed by atoms with Gasteiger partial charge in [0.05, 0.1) is 0 Å². The van der Waals surface area contributed by atoms with Crippen LogP contribution < -0.4 is 0 Å². The van der Waals surface area contributed by atoms with Crippen LogP contribution in [0.25, 0.3) is 0 Å². The maximum Gasteiger partial charge on any atom is 0 e. The van der Waals surface area contributed by atoms with Crippen molar-refractivity contribution in [2.75, 3.05) is 0 Å². The van der Waals surface area contributed by atoms with Gasteiger partial charge in [-0.15, -0.1) is 0 Å². The van der Waals surface area contributed by atoms with Crippen molar-refractivity contribution in [1.29, 1.82) is 0 Å². The van der Waals surface area contributed by atoms with Gasteiger partial charge in [0.1, 0.15) is 0 Å². The first kappa shape index (κ1) is 8.88. The molecule has 1 rings (SSSR count). The fraction of sp³-hybridized carbons (Fsp3) is 0.125. The van der Waals surface area contributed by atoms with Gasteiger partial charge in [-0.25, -0.2) is 0 Å². The SMILES string of the molecule is [CH2-]Cc1ccccc1.[Pd]. The van der Waals surface area contributed by atoms with Gasteiger partial charge >= 0.3 is 0 Å². The zero-order chi connectivity index (χ0) is 5.82. The van der Waals surface area contributed by atoms with Gasteiger partial charge in [-0.3, -0.25) is 0 Å². The minimum absolute atomic E-state index is 0. The van der Waals surface area contributed by atoms with E-state index in [1.807, 2.05) is 18.2 Å². The molecule has 0 aliphatic rings. The van der Waals surface area contributed by atoms with E-state index in [4.69, 9.17) is 0 Å². The zero-order valence-corrected chi connectivity index (χ0v) is 6.67. The predicted molar refractivity (Wildman–Crippen MR) is 35.5 cm³/mol. The van der Waals surface area contributed by atoms with Crippen LogP contribution in [-0.2, 0) is 26.8 Å². The monoisotopic (exact) mass is 211 g/mol. The number of hydrogen-bond donors (Lipinski definition) is 0. The second-order valence-electron chi connectivity index (χ2n) is 1.74. The van der Waals surface area contributed by atoms with Crippen LogP contribution in [0.15, 0.2) is 30.3 Å². The molecule has 0 aliphatic carbocycles. The molecular weight excluding hydrogens is 203 g/mol. The molecule has 0 amide bonds. The fourth-order valence-electron chi connectivity index (χ4n) is 0.645. The molecule has 1 heteroatoms. The van der Waals surface area contributed by atoms with Crippen molar-refractivity contribution < 1.29 is 20.4 Å². The normalized spacial score (nSPS) is 8.11. The Morgan fingerprint density at radius 1 is 1.11 bits per heavy atom. The molecule has 0 saturated heterocycles. The van der Waals surface area contributed by atoms with E-state index < -0.39 is 0 Å². The van der Waals surface area contributed by atoms with Crippen molar-refractivity contribution in [3.8, 4) is 0 Å². The van der Waals surface area contributed by atoms with E-state index in [9.17, 15) is 0 Å². The molecule has 0 heterocycles. The Morgan fingerprint density at radius 2 is 1.67 bits per heavy atom. The van der Waals surface area contributed by atoms with Gasteiger partial charge in [0, 0.05) is 20.4 Å². The molecular formula is C8H9Pd-. The van der Waals surface area contributed by atoms with Gasteiger partial charge in [0.2, 0.25) is 0 Å². The Bertz CT molecular complexity index is 146. The van der Waals surface area contributed by atoms with E-state index in [0.717, 1.165) is 6.42 Å². The summed E-state index contributed by atoms with van der Waals surface area (Å²) in [5.74, 6) is 0. The quantitative estimate of drug-likeness (QED) is 0.493. The van der Waals surface area contributed by atoms with Crippen LogP contribution in [-0.4, -0.2) is 0 Å². The van der Waals surface area contributed by atoms with Crippen molar-refractivity contribution in [2.24, 2.45) is 0 Å². The van der Waals surface area contributed by atoms with Crippen LogP contribution >= 0.6 is 0 Å².